The van der Waals surface area contributed by atoms with Crippen molar-refractivity contribution in [2.24, 2.45) is 0 Å². The largest absolute Gasteiger partial charge is 0.433 e. The van der Waals surface area contributed by atoms with Crippen molar-refractivity contribution in [2.45, 2.75) is 46.5 Å². The number of nitrogens with one attached hydrogen (secondary N) is 1. The highest BCUT2D eigenvalue weighted by Gasteiger charge is 2.35. The molecule has 0 bridgehead atoms. The fourth-order valence-corrected chi connectivity index (χ4v) is 2.57. The van der Waals surface area contributed by atoms with Crippen molar-refractivity contribution in [1.82, 2.24) is 24.9 Å². The Labute approximate surface area is 147 Å². The van der Waals surface area contributed by atoms with Crippen LogP contribution in [0.15, 0.2) is 6.07 Å². The van der Waals surface area contributed by atoms with Crippen LogP contribution in [0.4, 0.5) is 13.2 Å². The highest BCUT2D eigenvalue weighted by atomic mass is 35.5. The quantitative estimate of drug-likeness (QED) is 0.787. The number of aryl methyl sites for hydroxylation is 3. The molecule has 0 aliphatic heterocycles. The Morgan fingerprint density at radius 2 is 1.92 bits per heavy atom. The summed E-state index contributed by atoms with van der Waals surface area (Å²) in [5.74, 6) is -0.528. The minimum atomic E-state index is -4.55. The normalized spacial score (nSPS) is 11.8. The van der Waals surface area contributed by atoms with E-state index in [0.717, 1.165) is 17.5 Å². The summed E-state index contributed by atoms with van der Waals surface area (Å²) in [6.07, 6.45) is -3.97. The van der Waals surface area contributed by atoms with Gasteiger partial charge in [0.05, 0.1) is 22.1 Å². The van der Waals surface area contributed by atoms with E-state index in [9.17, 15) is 18.0 Å². The smallest absolute Gasteiger partial charge is 0.354 e. The van der Waals surface area contributed by atoms with Gasteiger partial charge in [-0.3, -0.25) is 14.2 Å². The third kappa shape index (κ3) is 4.75. The van der Waals surface area contributed by atoms with E-state index < -0.39 is 24.3 Å². The van der Waals surface area contributed by atoms with Crippen molar-refractivity contribution >= 4 is 17.5 Å². The average molecular weight is 378 g/mol. The van der Waals surface area contributed by atoms with Gasteiger partial charge in [-0.2, -0.15) is 23.4 Å². The summed E-state index contributed by atoms with van der Waals surface area (Å²) in [5, 5.41) is 11.2. The first-order chi connectivity index (χ1) is 11.6. The molecule has 2 aromatic rings. The number of halogens is 4. The Bertz CT molecular complexity index is 766. The van der Waals surface area contributed by atoms with Crippen LogP contribution >= 0.6 is 11.6 Å². The van der Waals surface area contributed by atoms with Gasteiger partial charge in [0.2, 0.25) is 5.91 Å². The topological polar surface area (TPSA) is 64.7 Å². The number of hydrogen-bond donors (Lipinski definition) is 1. The fourth-order valence-electron chi connectivity index (χ4n) is 2.44. The molecule has 0 aliphatic rings. The summed E-state index contributed by atoms with van der Waals surface area (Å²) < 4.78 is 41.0. The summed E-state index contributed by atoms with van der Waals surface area (Å²) in [6.45, 7) is 5.49. The molecule has 138 valence electrons. The van der Waals surface area contributed by atoms with Gasteiger partial charge >= 0.3 is 6.18 Å². The average Bonchev–Trinajstić information content (AvgIpc) is 2.99. The van der Waals surface area contributed by atoms with E-state index in [1.165, 1.54) is 6.92 Å². The molecule has 0 unspecified atom stereocenters. The highest BCUT2D eigenvalue weighted by molar-refractivity contribution is 6.31. The first kappa shape index (κ1) is 19.3. The zero-order valence-corrected chi connectivity index (χ0v) is 14.9. The first-order valence-corrected chi connectivity index (χ1v) is 8.05. The van der Waals surface area contributed by atoms with Crippen LogP contribution in [0.3, 0.4) is 0 Å². The minimum absolute atomic E-state index is 0.210. The SMILES string of the molecule is Cc1cc(C(F)(F)F)n(CC(=O)NCCCn2nc(C)c(Cl)c2C)n1. The molecule has 10 heteroatoms. The van der Waals surface area contributed by atoms with Gasteiger partial charge in [-0.05, 0) is 33.3 Å². The van der Waals surface area contributed by atoms with Gasteiger partial charge in [-0.15, -0.1) is 0 Å². The van der Waals surface area contributed by atoms with Crippen molar-refractivity contribution in [2.75, 3.05) is 6.54 Å². The Morgan fingerprint density at radius 1 is 1.24 bits per heavy atom. The van der Waals surface area contributed by atoms with E-state index >= 15 is 0 Å². The van der Waals surface area contributed by atoms with Crippen LogP contribution in [0.2, 0.25) is 5.02 Å². The molecule has 2 rings (SSSR count). The van der Waals surface area contributed by atoms with E-state index in [0.29, 0.717) is 29.2 Å². The second kappa shape index (κ2) is 7.47. The molecule has 6 nitrogen and oxygen atoms in total. The van der Waals surface area contributed by atoms with Gasteiger partial charge < -0.3 is 5.32 Å². The lowest BCUT2D eigenvalue weighted by molar-refractivity contribution is -0.144. The number of carbonyl (C=O) groups excluding carboxylic acids is 1. The van der Waals surface area contributed by atoms with Gasteiger partial charge in [0, 0.05) is 13.1 Å². The van der Waals surface area contributed by atoms with E-state index in [1.807, 2.05) is 6.92 Å². The lowest BCUT2D eigenvalue weighted by Crippen LogP contribution is -2.31. The molecular weight excluding hydrogens is 359 g/mol. The summed E-state index contributed by atoms with van der Waals surface area (Å²) in [4.78, 5) is 11.9. The van der Waals surface area contributed by atoms with Gasteiger partial charge in [-0.1, -0.05) is 11.6 Å². The first-order valence-electron chi connectivity index (χ1n) is 7.67. The van der Waals surface area contributed by atoms with Crippen LogP contribution in [-0.2, 0) is 24.1 Å². The maximum Gasteiger partial charge on any atom is 0.433 e. The Morgan fingerprint density at radius 3 is 2.48 bits per heavy atom. The minimum Gasteiger partial charge on any atom is -0.354 e. The van der Waals surface area contributed by atoms with Crippen LogP contribution in [0.25, 0.3) is 0 Å². The van der Waals surface area contributed by atoms with Crippen molar-refractivity contribution < 1.29 is 18.0 Å². The monoisotopic (exact) mass is 377 g/mol. The van der Waals surface area contributed by atoms with E-state index in [2.05, 4.69) is 15.5 Å². The molecular formula is C15H19ClF3N5O. The summed E-state index contributed by atoms with van der Waals surface area (Å²) in [7, 11) is 0. The van der Waals surface area contributed by atoms with Gasteiger partial charge in [0.25, 0.3) is 0 Å². The zero-order valence-electron chi connectivity index (χ0n) is 14.1. The van der Waals surface area contributed by atoms with Gasteiger partial charge in [-0.25, -0.2) is 0 Å². The Hall–Kier alpha value is -2.03. The van der Waals surface area contributed by atoms with Crippen LogP contribution in [0, 0.1) is 20.8 Å². The van der Waals surface area contributed by atoms with Crippen LogP contribution in [-0.4, -0.2) is 32.0 Å². The van der Waals surface area contributed by atoms with Crippen LogP contribution in [0.5, 0.6) is 0 Å². The summed E-state index contributed by atoms with van der Waals surface area (Å²) in [5.41, 5.74) is 0.850. The van der Waals surface area contributed by atoms with Crippen molar-refractivity contribution in [1.29, 1.82) is 0 Å². The molecule has 0 aromatic carbocycles. The fraction of sp³-hybridized carbons (Fsp3) is 0.533. The molecule has 0 fully saturated rings. The Balaban J connectivity index is 1.84. The summed E-state index contributed by atoms with van der Waals surface area (Å²) in [6, 6.07) is 0.917. The molecule has 0 saturated heterocycles. The molecule has 25 heavy (non-hydrogen) atoms. The summed E-state index contributed by atoms with van der Waals surface area (Å²) >= 11 is 6.05. The lowest BCUT2D eigenvalue weighted by atomic mass is 10.3. The second-order valence-corrected chi connectivity index (χ2v) is 6.12. The van der Waals surface area contributed by atoms with Crippen molar-refractivity contribution in [3.05, 3.63) is 33.9 Å². The van der Waals surface area contributed by atoms with Crippen LogP contribution in [0.1, 0.15) is 29.2 Å². The van der Waals surface area contributed by atoms with E-state index in [-0.39, 0.29) is 5.69 Å². The van der Waals surface area contributed by atoms with Gasteiger partial charge in [0.1, 0.15) is 12.2 Å². The van der Waals surface area contributed by atoms with Crippen LogP contribution < -0.4 is 5.32 Å². The number of aromatic nitrogens is 4. The number of hydrogen-bond acceptors (Lipinski definition) is 3. The van der Waals surface area contributed by atoms with Crippen molar-refractivity contribution in [3.8, 4) is 0 Å². The number of amides is 1. The second-order valence-electron chi connectivity index (χ2n) is 5.74. The maximum absolute atomic E-state index is 12.9. The lowest BCUT2D eigenvalue weighted by Gasteiger charge is -2.10. The van der Waals surface area contributed by atoms with Gasteiger partial charge in [0.15, 0.2) is 0 Å². The standard InChI is InChI=1S/C15H19ClF3N5O/c1-9-7-12(15(17,18)19)24(21-9)8-13(25)20-5-4-6-23-11(3)14(16)10(2)22-23/h7H,4-6,8H2,1-3H3,(H,20,25). The number of alkyl halides is 3. The zero-order chi connectivity index (χ0) is 18.8. The van der Waals surface area contributed by atoms with E-state index in [1.54, 1.807) is 11.6 Å². The predicted molar refractivity (Wildman–Crippen MR) is 86.3 cm³/mol. The Kier molecular flexibility index (Phi) is 5.76. The third-order valence-electron chi connectivity index (χ3n) is 3.65. The van der Waals surface area contributed by atoms with Crippen molar-refractivity contribution in [3.63, 3.8) is 0 Å². The molecule has 1 N–H and O–H groups in total. The maximum atomic E-state index is 12.9. The number of rotatable bonds is 6. The molecule has 0 saturated carbocycles. The predicted octanol–water partition coefficient (Wildman–Crippen LogP) is 2.88. The highest BCUT2D eigenvalue weighted by Crippen LogP contribution is 2.29. The number of nitrogens with zero attached hydrogens (tertiary/aromatic N) is 4. The molecule has 2 heterocycles. The van der Waals surface area contributed by atoms with E-state index in [4.69, 9.17) is 11.6 Å². The third-order valence-corrected chi connectivity index (χ3v) is 4.19. The number of carbonyl (C=O) groups is 1. The molecule has 0 spiro atoms. The molecule has 1 amide bonds. The molecule has 2 aromatic heterocycles. The molecule has 0 aliphatic carbocycles. The molecule has 0 atom stereocenters. The molecule has 0 radical (unpaired) electrons.